The largest absolute Gasteiger partial charge is 0.367 e. The molecule has 0 saturated carbocycles. The molecule has 0 radical (unpaired) electrons. The van der Waals surface area contributed by atoms with Gasteiger partial charge in [-0.3, -0.25) is 4.68 Å². The van der Waals surface area contributed by atoms with E-state index in [1.807, 2.05) is 20.2 Å². The lowest BCUT2D eigenvalue weighted by molar-refractivity contribution is 0.773. The molecule has 0 saturated heterocycles. The van der Waals surface area contributed by atoms with Crippen molar-refractivity contribution in [3.63, 3.8) is 0 Å². The Balaban J connectivity index is 1.92. The summed E-state index contributed by atoms with van der Waals surface area (Å²) in [4.78, 5) is 11.0. The van der Waals surface area contributed by atoms with Crippen LogP contribution in [-0.2, 0) is 13.6 Å². The quantitative estimate of drug-likeness (QED) is 0.698. The van der Waals surface area contributed by atoms with Crippen molar-refractivity contribution in [3.8, 4) is 0 Å². The molecule has 0 spiro atoms. The van der Waals surface area contributed by atoms with Gasteiger partial charge in [0.1, 0.15) is 5.15 Å². The maximum atomic E-state index is 6.21. The van der Waals surface area contributed by atoms with Crippen LogP contribution in [0.3, 0.4) is 0 Å². The number of fused-ring (bicyclic) bond motifs is 1. The molecule has 1 aromatic carbocycles. The molecule has 5 nitrogen and oxygen atoms in total. The van der Waals surface area contributed by atoms with Crippen LogP contribution in [0, 0.1) is 6.92 Å². The van der Waals surface area contributed by atoms with Crippen LogP contribution in [0.5, 0.6) is 0 Å². The number of aryl methyl sites for hydroxylation is 2. The Morgan fingerprint density at radius 1 is 1.29 bits per heavy atom. The number of hydrogen-bond donors (Lipinski definition) is 0. The number of hydrogen-bond acceptors (Lipinski definition) is 4. The summed E-state index contributed by atoms with van der Waals surface area (Å²) in [5, 5.41) is 5.39. The van der Waals surface area contributed by atoms with Gasteiger partial charge in [-0.15, -0.1) is 0 Å². The van der Waals surface area contributed by atoms with E-state index in [4.69, 9.17) is 11.6 Å². The first-order valence-corrected chi connectivity index (χ1v) is 7.04. The maximum absolute atomic E-state index is 6.21. The first kappa shape index (κ1) is 13.8. The number of anilines is 1. The van der Waals surface area contributed by atoms with Gasteiger partial charge < -0.3 is 4.90 Å². The van der Waals surface area contributed by atoms with Gasteiger partial charge in [-0.25, -0.2) is 9.97 Å². The second-order valence-electron chi connectivity index (χ2n) is 5.13. The third kappa shape index (κ3) is 2.69. The van der Waals surface area contributed by atoms with E-state index in [-0.39, 0.29) is 0 Å². The first-order chi connectivity index (χ1) is 10.0. The van der Waals surface area contributed by atoms with Crippen molar-refractivity contribution in [2.75, 3.05) is 11.9 Å². The Morgan fingerprint density at radius 3 is 2.86 bits per heavy atom. The van der Waals surface area contributed by atoms with E-state index in [0.29, 0.717) is 17.5 Å². The summed E-state index contributed by atoms with van der Waals surface area (Å²) in [5.41, 5.74) is 3.10. The molecular formula is C15H16ClN5. The highest BCUT2D eigenvalue weighted by Gasteiger charge is 2.11. The number of aromatic nitrogens is 4. The third-order valence-electron chi connectivity index (χ3n) is 3.41. The minimum absolute atomic E-state index is 0.445. The lowest BCUT2D eigenvalue weighted by atomic mass is 10.2. The summed E-state index contributed by atoms with van der Waals surface area (Å²) >= 11 is 6.21. The number of benzene rings is 1. The van der Waals surface area contributed by atoms with Gasteiger partial charge in [0.2, 0.25) is 0 Å². The summed E-state index contributed by atoms with van der Waals surface area (Å²) in [6, 6.07) is 8.31. The van der Waals surface area contributed by atoms with Gasteiger partial charge >= 0.3 is 0 Å². The van der Waals surface area contributed by atoms with Crippen LogP contribution in [-0.4, -0.2) is 26.8 Å². The molecule has 0 aliphatic heterocycles. The molecule has 3 rings (SSSR count). The Bertz CT molecular complexity index is 796. The van der Waals surface area contributed by atoms with Crippen LogP contribution in [0.2, 0.25) is 5.15 Å². The summed E-state index contributed by atoms with van der Waals surface area (Å²) in [6.45, 7) is 2.66. The van der Waals surface area contributed by atoms with Crippen LogP contribution in [0.4, 0.5) is 5.69 Å². The highest BCUT2D eigenvalue weighted by Crippen LogP contribution is 2.21. The van der Waals surface area contributed by atoms with E-state index >= 15 is 0 Å². The number of rotatable bonds is 3. The van der Waals surface area contributed by atoms with Crippen molar-refractivity contribution in [2.24, 2.45) is 7.05 Å². The molecule has 0 fully saturated rings. The minimum Gasteiger partial charge on any atom is -0.367 e. The Kier molecular flexibility index (Phi) is 3.51. The molecule has 0 aliphatic carbocycles. The number of halogens is 1. The molecule has 0 amide bonds. The van der Waals surface area contributed by atoms with Crippen LogP contribution in [0.25, 0.3) is 11.0 Å². The van der Waals surface area contributed by atoms with Crippen molar-refractivity contribution in [3.05, 3.63) is 47.0 Å². The van der Waals surface area contributed by atoms with Gasteiger partial charge in [-0.05, 0) is 24.6 Å². The van der Waals surface area contributed by atoms with Gasteiger partial charge in [-0.1, -0.05) is 23.7 Å². The summed E-state index contributed by atoms with van der Waals surface area (Å²) in [5.74, 6) is 0.681. The van der Waals surface area contributed by atoms with Gasteiger partial charge in [-0.2, -0.15) is 5.10 Å². The Hall–Kier alpha value is -2.14. The molecule has 0 N–H and O–H groups in total. The maximum Gasteiger partial charge on any atom is 0.162 e. The highest BCUT2D eigenvalue weighted by molar-refractivity contribution is 6.33. The molecule has 3 aromatic rings. The van der Waals surface area contributed by atoms with Crippen molar-refractivity contribution in [2.45, 2.75) is 13.5 Å². The average Bonchev–Trinajstić information content (AvgIpc) is 2.81. The smallest absolute Gasteiger partial charge is 0.162 e. The van der Waals surface area contributed by atoms with E-state index in [0.717, 1.165) is 16.7 Å². The third-order valence-corrected chi connectivity index (χ3v) is 3.70. The van der Waals surface area contributed by atoms with Crippen molar-refractivity contribution in [1.82, 2.24) is 19.7 Å². The Morgan fingerprint density at radius 2 is 2.10 bits per heavy atom. The van der Waals surface area contributed by atoms with Crippen LogP contribution < -0.4 is 4.90 Å². The van der Waals surface area contributed by atoms with Crippen molar-refractivity contribution in [1.29, 1.82) is 0 Å². The van der Waals surface area contributed by atoms with Crippen molar-refractivity contribution < 1.29 is 0 Å². The molecule has 0 atom stereocenters. The zero-order valence-corrected chi connectivity index (χ0v) is 13.0. The zero-order valence-electron chi connectivity index (χ0n) is 12.2. The standard InChI is InChI=1S/C15H16ClN5/c1-10-5-4-6-11(7-10)20(2)9-13-18-14(16)12-8-17-21(3)15(12)19-13/h4-8H,9H2,1-3H3. The SMILES string of the molecule is Cc1cccc(N(C)Cc2nc(Cl)c3cnn(C)c3n2)c1. The average molecular weight is 302 g/mol. The monoisotopic (exact) mass is 301 g/mol. The fourth-order valence-electron chi connectivity index (χ4n) is 2.27. The van der Waals surface area contributed by atoms with E-state index in [2.05, 4.69) is 45.1 Å². The van der Waals surface area contributed by atoms with Gasteiger partial charge in [0.05, 0.1) is 18.1 Å². The molecule has 21 heavy (non-hydrogen) atoms. The summed E-state index contributed by atoms with van der Waals surface area (Å²) in [6.07, 6.45) is 1.69. The zero-order chi connectivity index (χ0) is 15.0. The molecule has 2 heterocycles. The first-order valence-electron chi connectivity index (χ1n) is 6.66. The molecule has 6 heteroatoms. The van der Waals surface area contributed by atoms with E-state index in [1.165, 1.54) is 5.56 Å². The predicted molar refractivity (Wildman–Crippen MR) is 84.6 cm³/mol. The summed E-state index contributed by atoms with van der Waals surface area (Å²) in [7, 11) is 3.86. The van der Waals surface area contributed by atoms with Crippen LogP contribution in [0.15, 0.2) is 30.5 Å². The topological polar surface area (TPSA) is 46.8 Å². The molecule has 0 aliphatic rings. The second kappa shape index (κ2) is 5.33. The van der Waals surface area contributed by atoms with Gasteiger partial charge in [0, 0.05) is 19.8 Å². The lowest BCUT2D eigenvalue weighted by Gasteiger charge is -2.19. The van der Waals surface area contributed by atoms with E-state index in [1.54, 1.807) is 10.9 Å². The summed E-state index contributed by atoms with van der Waals surface area (Å²) < 4.78 is 1.71. The number of nitrogens with zero attached hydrogens (tertiary/aromatic N) is 5. The predicted octanol–water partition coefficient (Wildman–Crippen LogP) is 2.96. The fourth-order valence-corrected chi connectivity index (χ4v) is 2.50. The normalized spacial score (nSPS) is 11.0. The highest BCUT2D eigenvalue weighted by atomic mass is 35.5. The molecule has 2 aromatic heterocycles. The van der Waals surface area contributed by atoms with Crippen LogP contribution >= 0.6 is 11.6 Å². The van der Waals surface area contributed by atoms with Gasteiger partial charge in [0.25, 0.3) is 0 Å². The van der Waals surface area contributed by atoms with Crippen LogP contribution in [0.1, 0.15) is 11.4 Å². The fraction of sp³-hybridized carbons (Fsp3) is 0.267. The molecular weight excluding hydrogens is 286 g/mol. The Labute approximate surface area is 128 Å². The van der Waals surface area contributed by atoms with E-state index in [9.17, 15) is 0 Å². The van der Waals surface area contributed by atoms with Gasteiger partial charge in [0.15, 0.2) is 11.5 Å². The molecule has 0 unspecified atom stereocenters. The molecule has 0 bridgehead atoms. The minimum atomic E-state index is 0.445. The molecule has 108 valence electrons. The second-order valence-corrected chi connectivity index (χ2v) is 5.49. The van der Waals surface area contributed by atoms with Crippen molar-refractivity contribution >= 4 is 28.3 Å². The lowest BCUT2D eigenvalue weighted by Crippen LogP contribution is -2.18. The van der Waals surface area contributed by atoms with E-state index < -0.39 is 0 Å².